The average molecular weight is 276 g/mol. The molecule has 0 fully saturated rings. The van der Waals surface area contributed by atoms with Crippen LogP contribution in [-0.4, -0.2) is 17.9 Å². The number of carbonyl (C=O) groups excluding carboxylic acids is 2. The maximum absolute atomic E-state index is 12.0. The van der Waals surface area contributed by atoms with Crippen LogP contribution >= 0.6 is 0 Å². The number of carboxylic acid groups (broad SMARTS) is 1. The lowest BCUT2D eigenvalue weighted by molar-refractivity contribution is -0.309. The molecule has 1 aromatic rings. The number of rotatable bonds is 4. The van der Waals surface area contributed by atoms with Crippen LogP contribution in [0.5, 0.6) is 0 Å². The molecule has 0 heterocycles. The number of carbonyl (C=O) groups is 2. The first kappa shape index (κ1) is 16.2. The highest BCUT2D eigenvalue weighted by atomic mass is 16.4. The topological polar surface area (TPSA) is 69.2 Å². The standard InChI is InChI=1S/C16H23NO3/c1-10(2)13(15(19)20)17-14(18)11-6-8-12(9-7-11)16(3,4)5/h6-10,13H,1-5H3,(H,17,18)(H,19,20)/p-1/t13-/m1/s1. The number of amides is 1. The van der Waals surface area contributed by atoms with Crippen LogP contribution in [0.15, 0.2) is 24.3 Å². The average Bonchev–Trinajstić information content (AvgIpc) is 2.34. The lowest BCUT2D eigenvalue weighted by Gasteiger charge is -2.23. The first-order chi connectivity index (χ1) is 9.12. The van der Waals surface area contributed by atoms with Crippen molar-refractivity contribution in [2.45, 2.75) is 46.1 Å². The molecule has 0 aliphatic rings. The highest BCUT2D eigenvalue weighted by Crippen LogP contribution is 2.22. The summed E-state index contributed by atoms with van der Waals surface area (Å²) in [6.45, 7) is 9.72. The van der Waals surface area contributed by atoms with Crippen molar-refractivity contribution in [2.75, 3.05) is 0 Å². The molecule has 0 radical (unpaired) electrons. The Morgan fingerprint density at radius 2 is 1.60 bits per heavy atom. The van der Waals surface area contributed by atoms with Crippen LogP contribution in [0.3, 0.4) is 0 Å². The second-order valence-corrected chi connectivity index (χ2v) is 6.34. The molecule has 4 heteroatoms. The first-order valence-electron chi connectivity index (χ1n) is 6.75. The summed E-state index contributed by atoms with van der Waals surface area (Å²) in [5, 5.41) is 13.5. The third-order valence-corrected chi connectivity index (χ3v) is 3.22. The van der Waals surface area contributed by atoms with Gasteiger partial charge in [0, 0.05) is 5.56 Å². The fraction of sp³-hybridized carbons (Fsp3) is 0.500. The van der Waals surface area contributed by atoms with Gasteiger partial charge < -0.3 is 15.2 Å². The molecule has 1 rings (SSSR count). The van der Waals surface area contributed by atoms with Crippen LogP contribution in [0.2, 0.25) is 0 Å². The minimum Gasteiger partial charge on any atom is -0.548 e. The van der Waals surface area contributed by atoms with E-state index in [0.717, 1.165) is 5.56 Å². The molecular formula is C16H22NO3-. The quantitative estimate of drug-likeness (QED) is 0.905. The maximum atomic E-state index is 12.0. The number of carboxylic acids is 1. The number of nitrogens with one attached hydrogen (secondary N) is 1. The summed E-state index contributed by atoms with van der Waals surface area (Å²) in [7, 11) is 0. The van der Waals surface area contributed by atoms with Gasteiger partial charge in [-0.3, -0.25) is 4.79 Å². The summed E-state index contributed by atoms with van der Waals surface area (Å²) in [6.07, 6.45) is 0. The first-order valence-corrected chi connectivity index (χ1v) is 6.75. The molecule has 4 nitrogen and oxygen atoms in total. The molecule has 20 heavy (non-hydrogen) atoms. The van der Waals surface area contributed by atoms with E-state index >= 15 is 0 Å². The van der Waals surface area contributed by atoms with E-state index < -0.39 is 17.9 Å². The van der Waals surface area contributed by atoms with Crippen LogP contribution in [0.1, 0.15) is 50.5 Å². The van der Waals surface area contributed by atoms with E-state index in [4.69, 9.17) is 0 Å². The fourth-order valence-electron chi connectivity index (χ4n) is 1.84. The second kappa shape index (κ2) is 6.07. The van der Waals surface area contributed by atoms with Crippen molar-refractivity contribution in [3.63, 3.8) is 0 Å². The smallest absolute Gasteiger partial charge is 0.251 e. The highest BCUT2D eigenvalue weighted by molar-refractivity contribution is 5.96. The Morgan fingerprint density at radius 3 is 1.95 bits per heavy atom. The second-order valence-electron chi connectivity index (χ2n) is 6.34. The minimum absolute atomic E-state index is 0.0143. The van der Waals surface area contributed by atoms with Crippen molar-refractivity contribution in [2.24, 2.45) is 5.92 Å². The van der Waals surface area contributed by atoms with Crippen LogP contribution in [-0.2, 0) is 10.2 Å². The molecule has 0 aliphatic carbocycles. The summed E-state index contributed by atoms with van der Waals surface area (Å²) in [4.78, 5) is 23.0. The lowest BCUT2D eigenvalue weighted by atomic mass is 9.86. The summed E-state index contributed by atoms with van der Waals surface area (Å²) < 4.78 is 0. The van der Waals surface area contributed by atoms with E-state index in [1.165, 1.54) is 0 Å². The Labute approximate surface area is 120 Å². The summed E-state index contributed by atoms with van der Waals surface area (Å²) in [5.74, 6) is -1.88. The van der Waals surface area contributed by atoms with Gasteiger partial charge in [-0.25, -0.2) is 0 Å². The Hall–Kier alpha value is -1.84. The molecule has 0 unspecified atom stereocenters. The summed E-state index contributed by atoms with van der Waals surface area (Å²) in [6, 6.07) is 6.21. The van der Waals surface area contributed by atoms with Crippen molar-refractivity contribution in [1.82, 2.24) is 5.32 Å². The molecule has 110 valence electrons. The Bertz CT molecular complexity index is 483. The zero-order valence-corrected chi connectivity index (χ0v) is 12.7. The molecule has 0 spiro atoms. The van der Waals surface area contributed by atoms with Crippen LogP contribution in [0.25, 0.3) is 0 Å². The Kier molecular flexibility index (Phi) is 4.93. The third-order valence-electron chi connectivity index (χ3n) is 3.22. The van der Waals surface area contributed by atoms with E-state index in [1.54, 1.807) is 26.0 Å². The van der Waals surface area contributed by atoms with Gasteiger partial charge in [0.15, 0.2) is 0 Å². The van der Waals surface area contributed by atoms with Crippen LogP contribution < -0.4 is 10.4 Å². The third kappa shape index (κ3) is 4.08. The number of hydrogen-bond acceptors (Lipinski definition) is 3. The summed E-state index contributed by atoms with van der Waals surface area (Å²) in [5.41, 5.74) is 1.58. The van der Waals surface area contributed by atoms with E-state index in [9.17, 15) is 14.7 Å². The van der Waals surface area contributed by atoms with Gasteiger partial charge >= 0.3 is 0 Å². The lowest BCUT2D eigenvalue weighted by Crippen LogP contribution is -2.50. The van der Waals surface area contributed by atoms with Crippen molar-refractivity contribution in [3.8, 4) is 0 Å². The largest absolute Gasteiger partial charge is 0.548 e. The van der Waals surface area contributed by atoms with Gasteiger partial charge in [0.25, 0.3) is 5.91 Å². The van der Waals surface area contributed by atoms with Gasteiger partial charge in [-0.05, 0) is 29.0 Å². The van der Waals surface area contributed by atoms with E-state index in [1.807, 2.05) is 12.1 Å². The van der Waals surface area contributed by atoms with Gasteiger partial charge in [0.05, 0.1) is 12.0 Å². The maximum Gasteiger partial charge on any atom is 0.251 e. The van der Waals surface area contributed by atoms with Crippen LogP contribution in [0.4, 0.5) is 0 Å². The number of aliphatic carboxylic acids is 1. The molecule has 1 N–H and O–H groups in total. The molecule has 1 amide bonds. The van der Waals surface area contributed by atoms with Crippen molar-refractivity contribution >= 4 is 11.9 Å². The predicted octanol–water partition coefficient (Wildman–Crippen LogP) is 1.49. The molecule has 0 aliphatic heterocycles. The van der Waals surface area contributed by atoms with Gasteiger partial charge in [-0.15, -0.1) is 0 Å². The zero-order chi connectivity index (χ0) is 15.5. The molecule has 1 atom stereocenters. The van der Waals surface area contributed by atoms with Crippen LogP contribution in [0, 0.1) is 5.92 Å². The number of benzene rings is 1. The van der Waals surface area contributed by atoms with Gasteiger partial charge in [-0.1, -0.05) is 46.8 Å². The van der Waals surface area contributed by atoms with Crippen molar-refractivity contribution < 1.29 is 14.7 Å². The molecule has 1 aromatic carbocycles. The summed E-state index contributed by atoms with van der Waals surface area (Å²) >= 11 is 0. The van der Waals surface area contributed by atoms with Gasteiger partial charge in [-0.2, -0.15) is 0 Å². The Balaban J connectivity index is 2.85. The van der Waals surface area contributed by atoms with E-state index in [2.05, 4.69) is 26.1 Å². The normalized spacial score (nSPS) is 13.1. The van der Waals surface area contributed by atoms with Gasteiger partial charge in [0.2, 0.25) is 0 Å². The predicted molar refractivity (Wildman–Crippen MR) is 76.2 cm³/mol. The molecule has 0 aromatic heterocycles. The zero-order valence-electron chi connectivity index (χ0n) is 12.7. The highest BCUT2D eigenvalue weighted by Gasteiger charge is 2.19. The van der Waals surface area contributed by atoms with Crippen molar-refractivity contribution in [1.29, 1.82) is 0 Å². The SMILES string of the molecule is CC(C)[C@@H](NC(=O)c1ccc(C(C)(C)C)cc1)C(=O)[O-]. The van der Waals surface area contributed by atoms with E-state index in [-0.39, 0.29) is 11.3 Å². The molecular weight excluding hydrogens is 254 g/mol. The monoisotopic (exact) mass is 276 g/mol. The molecule has 0 saturated carbocycles. The molecule has 0 saturated heterocycles. The number of hydrogen-bond donors (Lipinski definition) is 1. The van der Waals surface area contributed by atoms with Crippen molar-refractivity contribution in [3.05, 3.63) is 35.4 Å². The minimum atomic E-state index is -1.26. The van der Waals surface area contributed by atoms with E-state index in [0.29, 0.717) is 5.56 Å². The fourth-order valence-corrected chi connectivity index (χ4v) is 1.84. The Morgan fingerprint density at radius 1 is 1.10 bits per heavy atom. The molecule has 0 bridgehead atoms. The van der Waals surface area contributed by atoms with Gasteiger partial charge in [0.1, 0.15) is 0 Å².